The van der Waals surface area contributed by atoms with Crippen LogP contribution in [-0.4, -0.2) is 84.5 Å². The van der Waals surface area contributed by atoms with Gasteiger partial charge in [0.05, 0.1) is 6.33 Å². The summed E-state index contributed by atoms with van der Waals surface area (Å²) in [6.45, 7) is 10.8. The van der Waals surface area contributed by atoms with E-state index in [4.69, 9.17) is 4.74 Å². The Bertz CT molecular complexity index is 1230. The van der Waals surface area contributed by atoms with Gasteiger partial charge in [0.15, 0.2) is 17.0 Å². The molecular formula is C24H36N8O7. The number of alkyl carbamates (subject to hydrolysis) is 1. The summed E-state index contributed by atoms with van der Waals surface area (Å²) in [6, 6.07) is 0. The number of fused-ring (bicyclic) bond motifs is 1. The van der Waals surface area contributed by atoms with Gasteiger partial charge in [-0.1, -0.05) is 27.7 Å². The van der Waals surface area contributed by atoms with Gasteiger partial charge in [0, 0.05) is 24.9 Å². The number of nitrogens with one attached hydrogen (secondary N) is 3. The van der Waals surface area contributed by atoms with Crippen LogP contribution in [0.25, 0.3) is 11.2 Å². The molecule has 0 fully saturated rings. The maximum atomic E-state index is 13.1. The van der Waals surface area contributed by atoms with Crippen LogP contribution >= 0.6 is 0 Å². The van der Waals surface area contributed by atoms with Crippen molar-refractivity contribution >= 4 is 52.7 Å². The zero-order valence-electron chi connectivity index (χ0n) is 23.2. The third kappa shape index (κ3) is 9.50. The predicted octanol–water partition coefficient (Wildman–Crippen LogP) is 1.45. The lowest BCUT2D eigenvalue weighted by Gasteiger charge is -2.23. The van der Waals surface area contributed by atoms with Crippen molar-refractivity contribution in [3.8, 4) is 0 Å². The first-order valence-corrected chi connectivity index (χ1v) is 12.4. The number of carbonyl (C=O) groups is 5. The Kier molecular flexibility index (Phi) is 10.3. The second-order valence-corrected chi connectivity index (χ2v) is 10.4. The highest BCUT2D eigenvalue weighted by molar-refractivity contribution is 5.99. The molecule has 4 N–H and O–H groups in total. The number of hydrogen-bond acceptors (Lipinski definition) is 9. The summed E-state index contributed by atoms with van der Waals surface area (Å²) in [5.41, 5.74) is -0.402. The molecule has 0 unspecified atom stereocenters. The zero-order chi connectivity index (χ0) is 29.5. The summed E-state index contributed by atoms with van der Waals surface area (Å²) < 4.78 is 6.50. The number of hydrogen-bond donors (Lipinski definition) is 4. The van der Waals surface area contributed by atoms with Crippen molar-refractivity contribution < 1.29 is 33.8 Å². The molecule has 15 heteroatoms. The Morgan fingerprint density at radius 2 is 1.64 bits per heavy atom. The lowest BCUT2D eigenvalue weighted by atomic mass is 10.2. The molecule has 0 saturated heterocycles. The number of aliphatic carboxylic acids is 1. The van der Waals surface area contributed by atoms with Gasteiger partial charge in [-0.25, -0.2) is 9.78 Å². The van der Waals surface area contributed by atoms with Crippen molar-refractivity contribution in [1.29, 1.82) is 0 Å². The lowest BCUT2D eigenvalue weighted by molar-refractivity contribution is -0.144. The van der Waals surface area contributed by atoms with E-state index >= 15 is 0 Å². The Morgan fingerprint density at radius 3 is 2.21 bits per heavy atom. The largest absolute Gasteiger partial charge is 0.480 e. The van der Waals surface area contributed by atoms with Gasteiger partial charge in [-0.05, 0) is 20.8 Å². The molecule has 39 heavy (non-hydrogen) atoms. The van der Waals surface area contributed by atoms with Crippen LogP contribution < -0.4 is 16.0 Å². The van der Waals surface area contributed by atoms with Crippen molar-refractivity contribution in [2.45, 2.75) is 60.6 Å². The Hall–Kier alpha value is -4.30. The molecule has 4 amide bonds. The molecule has 2 aromatic rings. The van der Waals surface area contributed by atoms with Crippen LogP contribution in [0.3, 0.4) is 0 Å². The topological polar surface area (TPSA) is 198 Å². The summed E-state index contributed by atoms with van der Waals surface area (Å²) in [5.74, 6) is -3.33. The molecule has 0 bridgehead atoms. The highest BCUT2D eigenvalue weighted by Crippen LogP contribution is 2.22. The fourth-order valence-electron chi connectivity index (χ4n) is 3.03. The second kappa shape index (κ2) is 13.0. The molecule has 0 radical (unpaired) electrons. The molecule has 2 heterocycles. The number of imidazole rings is 1. The fraction of sp³-hybridized carbons (Fsp3) is 0.583. The highest BCUT2D eigenvalue weighted by Gasteiger charge is 2.23. The van der Waals surface area contributed by atoms with Crippen molar-refractivity contribution in [1.82, 2.24) is 29.7 Å². The van der Waals surface area contributed by atoms with Gasteiger partial charge >= 0.3 is 12.1 Å². The fourth-order valence-corrected chi connectivity index (χ4v) is 3.03. The van der Waals surface area contributed by atoms with Crippen molar-refractivity contribution in [2.75, 3.05) is 30.3 Å². The van der Waals surface area contributed by atoms with E-state index in [0.29, 0.717) is 0 Å². The normalized spacial score (nSPS) is 11.4. The number of carboxylic acid groups (broad SMARTS) is 1. The molecule has 214 valence electrons. The number of carbonyl (C=O) groups excluding carboxylic acids is 4. The first-order chi connectivity index (χ1) is 18.1. The molecule has 0 aliphatic rings. The lowest BCUT2D eigenvalue weighted by Crippen LogP contribution is -2.43. The van der Waals surface area contributed by atoms with E-state index in [0.717, 1.165) is 4.90 Å². The van der Waals surface area contributed by atoms with Crippen LogP contribution in [0.1, 0.15) is 48.5 Å². The van der Waals surface area contributed by atoms with E-state index in [9.17, 15) is 29.1 Å². The minimum atomic E-state index is -1.24. The van der Waals surface area contributed by atoms with Gasteiger partial charge in [-0.3, -0.25) is 24.5 Å². The van der Waals surface area contributed by atoms with E-state index in [1.54, 1.807) is 48.5 Å². The van der Waals surface area contributed by atoms with Gasteiger partial charge < -0.3 is 29.9 Å². The number of nitrogens with zero attached hydrogens (tertiary/aromatic N) is 5. The van der Waals surface area contributed by atoms with Crippen LogP contribution in [0.15, 0.2) is 6.33 Å². The Labute approximate surface area is 225 Å². The maximum absolute atomic E-state index is 13.1. The molecule has 0 aliphatic heterocycles. The molecule has 0 aromatic carbocycles. The molecule has 0 atom stereocenters. The minimum absolute atomic E-state index is 0.0441. The van der Waals surface area contributed by atoms with E-state index in [2.05, 4.69) is 30.9 Å². The first-order valence-electron chi connectivity index (χ1n) is 12.4. The van der Waals surface area contributed by atoms with Crippen LogP contribution in [0.4, 0.5) is 16.6 Å². The van der Waals surface area contributed by atoms with Gasteiger partial charge in [-0.15, -0.1) is 0 Å². The summed E-state index contributed by atoms with van der Waals surface area (Å²) >= 11 is 0. The van der Waals surface area contributed by atoms with E-state index in [-0.39, 0.29) is 66.2 Å². The second-order valence-electron chi connectivity index (χ2n) is 10.4. The monoisotopic (exact) mass is 548 g/mol. The number of anilines is 2. The van der Waals surface area contributed by atoms with E-state index in [1.165, 1.54) is 10.9 Å². The number of amides is 4. The average Bonchev–Trinajstić information content (AvgIpc) is 3.19. The van der Waals surface area contributed by atoms with Crippen molar-refractivity contribution in [3.63, 3.8) is 0 Å². The highest BCUT2D eigenvalue weighted by atomic mass is 16.6. The zero-order valence-corrected chi connectivity index (χ0v) is 23.2. The van der Waals surface area contributed by atoms with Gasteiger partial charge in [0.2, 0.25) is 23.7 Å². The van der Waals surface area contributed by atoms with E-state index < -0.39 is 30.1 Å². The minimum Gasteiger partial charge on any atom is -0.480 e. The molecule has 15 nitrogen and oxygen atoms in total. The van der Waals surface area contributed by atoms with Crippen molar-refractivity contribution in [2.24, 2.45) is 11.8 Å². The summed E-state index contributed by atoms with van der Waals surface area (Å²) in [6.07, 6.45) is 0.600. The number of carboxylic acids is 1. The first kappa shape index (κ1) is 30.9. The number of rotatable bonds is 11. The molecule has 2 rings (SSSR count). The molecule has 0 aliphatic carbocycles. The number of ether oxygens (including phenoxy) is 1. The van der Waals surface area contributed by atoms with Gasteiger partial charge in [-0.2, -0.15) is 9.97 Å². The summed E-state index contributed by atoms with van der Waals surface area (Å²) in [7, 11) is 0. The molecule has 0 saturated carbocycles. The van der Waals surface area contributed by atoms with Crippen LogP contribution in [0.5, 0.6) is 0 Å². The summed E-state index contributed by atoms with van der Waals surface area (Å²) in [4.78, 5) is 74.8. The average molecular weight is 549 g/mol. The van der Waals surface area contributed by atoms with Crippen LogP contribution in [0.2, 0.25) is 0 Å². The van der Waals surface area contributed by atoms with Crippen LogP contribution in [-0.2, 0) is 30.5 Å². The third-order valence-electron chi connectivity index (χ3n) is 5.02. The SMILES string of the molecule is CC(C)C(=O)Nc1nc(NC(=O)C(C)C)c2ncn(CC(=O)N(CCNC(=O)OC(C)(C)C)CC(=O)O)c2n1. The predicted molar refractivity (Wildman–Crippen MR) is 141 cm³/mol. The van der Waals surface area contributed by atoms with Gasteiger partial charge in [0.25, 0.3) is 0 Å². The van der Waals surface area contributed by atoms with Crippen LogP contribution in [0, 0.1) is 11.8 Å². The van der Waals surface area contributed by atoms with E-state index in [1.807, 2.05) is 0 Å². The third-order valence-corrected chi connectivity index (χ3v) is 5.02. The maximum Gasteiger partial charge on any atom is 0.407 e. The molecule has 0 spiro atoms. The van der Waals surface area contributed by atoms with Gasteiger partial charge in [0.1, 0.15) is 18.7 Å². The Balaban J connectivity index is 2.31. The Morgan fingerprint density at radius 1 is 1.03 bits per heavy atom. The molecule has 2 aromatic heterocycles. The number of aromatic nitrogens is 4. The molecular weight excluding hydrogens is 512 g/mol. The standard InChI is InChI=1S/C24H36N8O7/c1-13(2)20(36)27-18-17-19(29-22(28-18)30-21(37)14(3)4)32(12-26-17)10-15(33)31(11-16(34)35)9-8-25-23(38)39-24(5,6)7/h12-14H,8-11H2,1-7H3,(H,25,38)(H,34,35)(H2,27,28,29,30,36,37). The smallest absolute Gasteiger partial charge is 0.407 e. The quantitative estimate of drug-likeness (QED) is 0.319. The summed E-state index contributed by atoms with van der Waals surface area (Å²) in [5, 5.41) is 17.0. The van der Waals surface area contributed by atoms with Crippen molar-refractivity contribution in [3.05, 3.63) is 6.33 Å².